The zero-order valence-corrected chi connectivity index (χ0v) is 19.8. The average molecular weight is 505 g/mol. The van der Waals surface area contributed by atoms with Crippen LogP contribution in [0.25, 0.3) is 10.1 Å². The van der Waals surface area contributed by atoms with E-state index >= 15 is 0 Å². The molecule has 1 aliphatic rings. The van der Waals surface area contributed by atoms with Crippen LogP contribution in [0.3, 0.4) is 0 Å². The Balaban J connectivity index is 1.55. The summed E-state index contributed by atoms with van der Waals surface area (Å²) in [5.74, 6) is -0.959. The van der Waals surface area contributed by atoms with Crippen LogP contribution in [0.1, 0.15) is 65.4 Å². The Labute approximate surface area is 205 Å². The highest BCUT2D eigenvalue weighted by Crippen LogP contribution is 2.42. The Morgan fingerprint density at radius 1 is 1.03 bits per heavy atom. The maximum Gasteiger partial charge on any atom is 0.416 e. The maximum absolute atomic E-state index is 13.2. The standard InChI is InChI=1S/C26H27F3N2O3S/c27-26(28,29)19-8-11-21-18(14-19)15-22(35-21)24(16-4-2-1-3-5-16)31-20-9-6-17(7-10-20)25(34)30-13-12-23(32)33/h6-11,14-16,24,31H,1-5,12-13H2,(H,30,34)(H,32,33). The van der Waals surface area contributed by atoms with Gasteiger partial charge in [-0.05, 0) is 72.7 Å². The van der Waals surface area contributed by atoms with Crippen molar-refractivity contribution in [2.75, 3.05) is 11.9 Å². The lowest BCUT2D eigenvalue weighted by Gasteiger charge is -2.31. The van der Waals surface area contributed by atoms with E-state index in [-0.39, 0.29) is 24.9 Å². The number of carboxylic acids is 1. The molecule has 1 unspecified atom stereocenters. The molecule has 1 saturated carbocycles. The molecule has 1 aliphatic carbocycles. The van der Waals surface area contributed by atoms with Crippen molar-refractivity contribution in [1.82, 2.24) is 5.32 Å². The summed E-state index contributed by atoms with van der Waals surface area (Å²) >= 11 is 1.52. The first-order valence-corrected chi connectivity index (χ1v) is 12.5. The predicted molar refractivity (Wildman–Crippen MR) is 131 cm³/mol. The van der Waals surface area contributed by atoms with E-state index in [4.69, 9.17) is 5.11 Å². The van der Waals surface area contributed by atoms with Crippen LogP contribution >= 0.6 is 11.3 Å². The van der Waals surface area contributed by atoms with Crippen molar-refractivity contribution in [2.45, 2.75) is 50.7 Å². The molecular formula is C26H27F3N2O3S. The number of fused-ring (bicyclic) bond motifs is 1. The summed E-state index contributed by atoms with van der Waals surface area (Å²) in [5.41, 5.74) is 0.599. The Kier molecular flexibility index (Phi) is 7.64. The number of hydrogen-bond acceptors (Lipinski definition) is 4. The first-order chi connectivity index (χ1) is 16.7. The number of carboxylic acid groups (broad SMARTS) is 1. The summed E-state index contributed by atoms with van der Waals surface area (Å²) in [6.07, 6.45) is 1.01. The van der Waals surface area contributed by atoms with Crippen LogP contribution in [0, 0.1) is 5.92 Å². The van der Waals surface area contributed by atoms with Gasteiger partial charge in [0.15, 0.2) is 0 Å². The first kappa shape index (κ1) is 25.0. The fourth-order valence-corrected chi connectivity index (χ4v) is 5.75. The topological polar surface area (TPSA) is 78.4 Å². The second-order valence-corrected chi connectivity index (χ2v) is 10.0. The van der Waals surface area contributed by atoms with Crippen molar-refractivity contribution in [2.24, 2.45) is 5.92 Å². The highest BCUT2D eigenvalue weighted by atomic mass is 32.1. The second kappa shape index (κ2) is 10.7. The number of amides is 1. The van der Waals surface area contributed by atoms with Gasteiger partial charge in [-0.1, -0.05) is 19.3 Å². The summed E-state index contributed by atoms with van der Waals surface area (Å²) in [6.45, 7) is 0.0555. The van der Waals surface area contributed by atoms with E-state index in [1.807, 2.05) is 6.07 Å². The number of hydrogen-bond donors (Lipinski definition) is 3. The molecule has 4 rings (SSSR count). The van der Waals surface area contributed by atoms with Gasteiger partial charge in [0.2, 0.25) is 0 Å². The van der Waals surface area contributed by atoms with E-state index in [1.54, 1.807) is 30.3 Å². The molecule has 5 nitrogen and oxygen atoms in total. The number of rotatable bonds is 8. The molecule has 3 aromatic rings. The molecule has 2 aromatic carbocycles. The highest BCUT2D eigenvalue weighted by molar-refractivity contribution is 7.19. The Bertz CT molecular complexity index is 1180. The minimum Gasteiger partial charge on any atom is -0.481 e. The molecule has 0 aliphatic heterocycles. The third-order valence-electron chi connectivity index (χ3n) is 6.38. The quantitative estimate of drug-likeness (QED) is 0.313. The van der Waals surface area contributed by atoms with Crippen molar-refractivity contribution < 1.29 is 27.9 Å². The summed E-state index contributed by atoms with van der Waals surface area (Å²) in [5, 5.41) is 15.5. The molecule has 9 heteroatoms. The SMILES string of the molecule is O=C(O)CCNC(=O)c1ccc(NC(c2cc3cc(C(F)(F)F)ccc3s2)C2CCCCC2)cc1. The van der Waals surface area contributed by atoms with Crippen molar-refractivity contribution in [3.8, 4) is 0 Å². The Hall–Kier alpha value is -3.07. The van der Waals surface area contributed by atoms with Crippen molar-refractivity contribution in [3.63, 3.8) is 0 Å². The molecule has 0 spiro atoms. The number of anilines is 1. The number of benzene rings is 2. The number of carbonyl (C=O) groups excluding carboxylic acids is 1. The van der Waals surface area contributed by atoms with Gasteiger partial charge in [0, 0.05) is 27.4 Å². The molecule has 0 radical (unpaired) electrons. The fourth-order valence-electron chi connectivity index (χ4n) is 4.56. The highest BCUT2D eigenvalue weighted by Gasteiger charge is 2.31. The van der Waals surface area contributed by atoms with Gasteiger partial charge < -0.3 is 15.7 Å². The van der Waals surface area contributed by atoms with Gasteiger partial charge in [-0.3, -0.25) is 9.59 Å². The third kappa shape index (κ3) is 6.33. The molecule has 0 saturated heterocycles. The molecule has 1 amide bonds. The van der Waals surface area contributed by atoms with E-state index in [0.717, 1.165) is 47.0 Å². The largest absolute Gasteiger partial charge is 0.481 e. The molecule has 1 heterocycles. The molecule has 35 heavy (non-hydrogen) atoms. The van der Waals surface area contributed by atoms with E-state index in [9.17, 15) is 22.8 Å². The van der Waals surface area contributed by atoms with Crippen LogP contribution in [0.2, 0.25) is 0 Å². The fraction of sp³-hybridized carbons (Fsp3) is 0.385. The van der Waals surface area contributed by atoms with Gasteiger partial charge in [0.25, 0.3) is 5.91 Å². The summed E-state index contributed by atoms with van der Waals surface area (Å²) in [4.78, 5) is 23.8. The number of halogens is 3. The van der Waals surface area contributed by atoms with E-state index in [0.29, 0.717) is 16.9 Å². The maximum atomic E-state index is 13.2. The zero-order valence-electron chi connectivity index (χ0n) is 19.0. The normalized spacial score (nSPS) is 15.6. The van der Waals surface area contributed by atoms with Gasteiger partial charge in [0.1, 0.15) is 0 Å². The summed E-state index contributed by atoms with van der Waals surface area (Å²) < 4.78 is 40.4. The smallest absolute Gasteiger partial charge is 0.416 e. The number of alkyl halides is 3. The van der Waals surface area contributed by atoms with Crippen molar-refractivity contribution in [3.05, 3.63) is 64.5 Å². The monoisotopic (exact) mass is 504 g/mol. The third-order valence-corrected chi connectivity index (χ3v) is 7.58. The van der Waals surface area contributed by atoms with E-state index in [2.05, 4.69) is 10.6 Å². The molecular weight excluding hydrogens is 477 g/mol. The Morgan fingerprint density at radius 2 is 1.74 bits per heavy atom. The van der Waals surface area contributed by atoms with Crippen molar-refractivity contribution >= 4 is 39.0 Å². The zero-order chi connectivity index (χ0) is 25.0. The number of carbonyl (C=O) groups is 2. The first-order valence-electron chi connectivity index (χ1n) is 11.7. The minimum atomic E-state index is -4.38. The summed E-state index contributed by atoms with van der Waals surface area (Å²) in [6, 6.07) is 12.7. The van der Waals surface area contributed by atoms with Crippen LogP contribution in [0.15, 0.2) is 48.5 Å². The summed E-state index contributed by atoms with van der Waals surface area (Å²) in [7, 11) is 0. The van der Waals surface area contributed by atoms with Crippen LogP contribution in [0.4, 0.5) is 18.9 Å². The second-order valence-electron chi connectivity index (χ2n) is 8.90. The number of aliphatic carboxylic acids is 1. The lowest BCUT2D eigenvalue weighted by molar-refractivity contribution is -0.138. The molecule has 0 bridgehead atoms. The average Bonchev–Trinajstić information content (AvgIpc) is 3.26. The Morgan fingerprint density at radius 3 is 2.40 bits per heavy atom. The molecule has 1 aromatic heterocycles. The number of thiophene rings is 1. The van der Waals surface area contributed by atoms with Crippen LogP contribution in [-0.2, 0) is 11.0 Å². The van der Waals surface area contributed by atoms with Gasteiger partial charge >= 0.3 is 12.1 Å². The van der Waals surface area contributed by atoms with Gasteiger partial charge in [-0.2, -0.15) is 13.2 Å². The minimum absolute atomic E-state index is 0.0442. The van der Waals surface area contributed by atoms with Gasteiger partial charge in [-0.15, -0.1) is 11.3 Å². The van der Waals surface area contributed by atoms with Gasteiger partial charge in [0.05, 0.1) is 18.0 Å². The van der Waals surface area contributed by atoms with E-state index in [1.165, 1.54) is 23.8 Å². The predicted octanol–water partition coefficient (Wildman–Crippen LogP) is 6.86. The van der Waals surface area contributed by atoms with Crippen LogP contribution in [0.5, 0.6) is 0 Å². The lowest BCUT2D eigenvalue weighted by atomic mass is 9.83. The lowest BCUT2D eigenvalue weighted by Crippen LogP contribution is -2.26. The number of nitrogens with one attached hydrogen (secondary N) is 2. The molecule has 186 valence electrons. The van der Waals surface area contributed by atoms with Gasteiger partial charge in [-0.25, -0.2) is 0 Å². The van der Waals surface area contributed by atoms with Crippen molar-refractivity contribution in [1.29, 1.82) is 0 Å². The molecule has 1 atom stereocenters. The molecule has 3 N–H and O–H groups in total. The van der Waals surface area contributed by atoms with Crippen LogP contribution in [-0.4, -0.2) is 23.5 Å². The van der Waals surface area contributed by atoms with Crippen LogP contribution < -0.4 is 10.6 Å². The molecule has 1 fully saturated rings. The van der Waals surface area contributed by atoms with E-state index < -0.39 is 17.7 Å².